The maximum Gasteiger partial charge on any atom is 0.317 e. The average molecular weight is 409 g/mol. The van der Waals surface area contributed by atoms with E-state index >= 15 is 0 Å². The lowest BCUT2D eigenvalue weighted by atomic mass is 10.3. The van der Waals surface area contributed by atoms with Gasteiger partial charge in [0.05, 0.1) is 11.4 Å². The summed E-state index contributed by atoms with van der Waals surface area (Å²) in [6.45, 7) is 1.49. The topological polar surface area (TPSA) is 94.1 Å². The SMILES string of the molecule is C[C@H](OC(=O)CSc1ncnc2sccc12)C(=O)Nc1cccnc1Cl. The Hall–Kier alpha value is -2.23. The minimum Gasteiger partial charge on any atom is -0.452 e. The molecule has 0 fully saturated rings. The predicted octanol–water partition coefficient (Wildman–Crippen LogP) is 3.40. The smallest absolute Gasteiger partial charge is 0.317 e. The van der Waals surface area contributed by atoms with E-state index in [9.17, 15) is 9.59 Å². The summed E-state index contributed by atoms with van der Waals surface area (Å²) in [5, 5.41) is 6.25. The molecule has 0 spiro atoms. The zero-order valence-corrected chi connectivity index (χ0v) is 15.9. The number of pyridine rings is 1. The molecule has 0 aromatic carbocycles. The third-order valence-corrected chi connectivity index (χ3v) is 5.35. The lowest BCUT2D eigenvalue weighted by Crippen LogP contribution is -2.30. The van der Waals surface area contributed by atoms with Gasteiger partial charge in [0.2, 0.25) is 0 Å². The Morgan fingerprint density at radius 1 is 1.35 bits per heavy atom. The number of rotatable bonds is 6. The predicted molar refractivity (Wildman–Crippen MR) is 102 cm³/mol. The number of ether oxygens (including phenoxy) is 1. The fraction of sp³-hybridized carbons (Fsp3) is 0.188. The van der Waals surface area contributed by atoms with Crippen LogP contribution in [0.2, 0.25) is 5.15 Å². The molecule has 1 atom stereocenters. The fourth-order valence-electron chi connectivity index (χ4n) is 2.01. The highest BCUT2D eigenvalue weighted by Crippen LogP contribution is 2.27. The van der Waals surface area contributed by atoms with E-state index in [2.05, 4.69) is 20.3 Å². The molecule has 3 aromatic heterocycles. The van der Waals surface area contributed by atoms with Crippen molar-refractivity contribution >= 4 is 62.5 Å². The molecule has 0 radical (unpaired) electrons. The van der Waals surface area contributed by atoms with Crippen molar-refractivity contribution in [3.8, 4) is 0 Å². The summed E-state index contributed by atoms with van der Waals surface area (Å²) in [4.78, 5) is 37.2. The molecule has 10 heteroatoms. The number of fused-ring (bicyclic) bond motifs is 1. The summed E-state index contributed by atoms with van der Waals surface area (Å²) in [5.41, 5.74) is 0.359. The maximum atomic E-state index is 12.1. The van der Waals surface area contributed by atoms with Crippen LogP contribution in [0.25, 0.3) is 10.2 Å². The van der Waals surface area contributed by atoms with E-state index in [-0.39, 0.29) is 10.9 Å². The lowest BCUT2D eigenvalue weighted by molar-refractivity contribution is -0.150. The van der Waals surface area contributed by atoms with Crippen molar-refractivity contribution in [1.82, 2.24) is 15.0 Å². The zero-order chi connectivity index (χ0) is 18.5. The van der Waals surface area contributed by atoms with Gasteiger partial charge >= 0.3 is 5.97 Å². The fourth-order valence-corrected chi connectivity index (χ4v) is 3.74. The van der Waals surface area contributed by atoms with Gasteiger partial charge in [0.25, 0.3) is 5.91 Å². The van der Waals surface area contributed by atoms with Crippen molar-refractivity contribution in [2.24, 2.45) is 0 Å². The molecule has 0 unspecified atom stereocenters. The number of hydrogen-bond acceptors (Lipinski definition) is 8. The first-order valence-electron chi connectivity index (χ1n) is 7.46. The summed E-state index contributed by atoms with van der Waals surface area (Å²) < 4.78 is 5.16. The highest BCUT2D eigenvalue weighted by Gasteiger charge is 2.19. The summed E-state index contributed by atoms with van der Waals surface area (Å²) in [6.07, 6.45) is 2.00. The number of aromatic nitrogens is 3. The number of nitrogens with zero attached hydrogens (tertiary/aromatic N) is 3. The van der Waals surface area contributed by atoms with Gasteiger partial charge in [0.1, 0.15) is 16.2 Å². The van der Waals surface area contributed by atoms with Crippen LogP contribution >= 0.6 is 34.7 Å². The summed E-state index contributed by atoms with van der Waals surface area (Å²) in [5.74, 6) is -0.967. The first kappa shape index (κ1) is 18.6. The van der Waals surface area contributed by atoms with Gasteiger partial charge in [-0.05, 0) is 30.5 Å². The molecule has 3 heterocycles. The van der Waals surface area contributed by atoms with Crippen molar-refractivity contribution in [2.45, 2.75) is 18.1 Å². The lowest BCUT2D eigenvalue weighted by Gasteiger charge is -2.13. The Kier molecular flexibility index (Phi) is 6.02. The molecule has 0 aliphatic rings. The normalized spacial score (nSPS) is 11.9. The minimum absolute atomic E-state index is 0.0349. The molecule has 7 nitrogen and oxygen atoms in total. The number of hydrogen-bond donors (Lipinski definition) is 1. The number of halogens is 1. The largest absolute Gasteiger partial charge is 0.452 e. The van der Waals surface area contributed by atoms with Gasteiger partial charge < -0.3 is 10.1 Å². The van der Waals surface area contributed by atoms with Crippen molar-refractivity contribution in [3.05, 3.63) is 41.3 Å². The summed E-state index contributed by atoms with van der Waals surface area (Å²) in [6, 6.07) is 5.15. The average Bonchev–Trinajstić information content (AvgIpc) is 3.11. The molecule has 3 rings (SSSR count). The molecule has 0 saturated carbocycles. The van der Waals surface area contributed by atoms with Crippen LogP contribution in [0, 0.1) is 0 Å². The van der Waals surface area contributed by atoms with Crippen LogP contribution in [0.4, 0.5) is 5.69 Å². The van der Waals surface area contributed by atoms with Crippen molar-refractivity contribution in [2.75, 3.05) is 11.1 Å². The minimum atomic E-state index is -0.967. The number of carbonyl (C=O) groups is 2. The second-order valence-corrected chi connectivity index (χ2v) is 7.29. The van der Waals surface area contributed by atoms with Gasteiger partial charge in [-0.2, -0.15) is 0 Å². The second kappa shape index (κ2) is 8.43. The number of esters is 1. The van der Waals surface area contributed by atoms with Crippen LogP contribution in [0.3, 0.4) is 0 Å². The molecule has 0 aliphatic heterocycles. The van der Waals surface area contributed by atoms with Crippen molar-refractivity contribution < 1.29 is 14.3 Å². The molecule has 134 valence electrons. The molecule has 1 N–H and O–H groups in total. The Labute approximate surface area is 162 Å². The zero-order valence-electron chi connectivity index (χ0n) is 13.5. The van der Waals surface area contributed by atoms with E-state index in [4.69, 9.17) is 16.3 Å². The van der Waals surface area contributed by atoms with Gasteiger partial charge in [0.15, 0.2) is 11.3 Å². The molecule has 26 heavy (non-hydrogen) atoms. The quantitative estimate of drug-likeness (QED) is 0.289. The van der Waals surface area contributed by atoms with E-state index in [1.54, 1.807) is 12.1 Å². The second-order valence-electron chi connectivity index (χ2n) is 5.07. The number of thioether (sulfide) groups is 1. The highest BCUT2D eigenvalue weighted by atomic mass is 35.5. The Morgan fingerprint density at radius 2 is 2.19 bits per heavy atom. The molecular formula is C16H13ClN4O3S2. The van der Waals surface area contributed by atoms with E-state index in [0.29, 0.717) is 10.7 Å². The maximum absolute atomic E-state index is 12.1. The Balaban J connectivity index is 1.53. The Morgan fingerprint density at radius 3 is 3.00 bits per heavy atom. The molecule has 3 aromatic rings. The molecule has 0 bridgehead atoms. The number of thiophene rings is 1. The van der Waals surface area contributed by atoms with Crippen molar-refractivity contribution in [1.29, 1.82) is 0 Å². The van der Waals surface area contributed by atoms with Gasteiger partial charge in [-0.15, -0.1) is 11.3 Å². The summed E-state index contributed by atoms with van der Waals surface area (Å²) in [7, 11) is 0. The third-order valence-electron chi connectivity index (χ3n) is 3.25. The highest BCUT2D eigenvalue weighted by molar-refractivity contribution is 8.00. The standard InChI is InChI=1S/C16H13ClN4O3S2/c1-9(14(23)21-11-3-2-5-18-13(11)17)24-12(22)7-26-16-10-4-6-25-15(10)19-8-20-16/h2-6,8-9H,7H2,1H3,(H,21,23)/t9-/m0/s1. The first-order valence-corrected chi connectivity index (χ1v) is 9.71. The Bertz CT molecular complexity index is 950. The number of nitrogens with one attached hydrogen (secondary N) is 1. The van der Waals surface area contributed by atoms with E-state index < -0.39 is 18.0 Å². The molecular weight excluding hydrogens is 396 g/mol. The third kappa shape index (κ3) is 4.48. The van der Waals surface area contributed by atoms with Crippen LogP contribution in [0.15, 0.2) is 41.1 Å². The van der Waals surface area contributed by atoms with Crippen LogP contribution in [0.5, 0.6) is 0 Å². The molecule has 0 saturated heterocycles. The van der Waals surface area contributed by atoms with Crippen LogP contribution < -0.4 is 5.32 Å². The number of carbonyl (C=O) groups excluding carboxylic acids is 2. The first-order chi connectivity index (χ1) is 12.5. The summed E-state index contributed by atoms with van der Waals surface area (Å²) >= 11 is 8.63. The number of anilines is 1. The van der Waals surface area contributed by atoms with Gasteiger partial charge in [-0.3, -0.25) is 9.59 Å². The molecule has 0 aliphatic carbocycles. The van der Waals surface area contributed by atoms with Crippen LogP contribution in [-0.2, 0) is 14.3 Å². The van der Waals surface area contributed by atoms with Gasteiger partial charge in [0, 0.05) is 11.6 Å². The van der Waals surface area contributed by atoms with Gasteiger partial charge in [-0.25, -0.2) is 15.0 Å². The van der Waals surface area contributed by atoms with E-state index in [0.717, 1.165) is 10.2 Å². The van der Waals surface area contributed by atoms with Crippen LogP contribution in [-0.4, -0.2) is 38.7 Å². The number of amides is 1. The monoisotopic (exact) mass is 408 g/mol. The van der Waals surface area contributed by atoms with E-state index in [1.807, 2.05) is 11.4 Å². The molecule has 1 amide bonds. The van der Waals surface area contributed by atoms with Gasteiger partial charge in [-0.1, -0.05) is 23.4 Å². The van der Waals surface area contributed by atoms with Crippen LogP contribution in [0.1, 0.15) is 6.92 Å². The van der Waals surface area contributed by atoms with Crippen molar-refractivity contribution in [3.63, 3.8) is 0 Å². The van der Waals surface area contributed by atoms with E-state index in [1.165, 1.54) is 42.5 Å².